The number of pyridine rings is 1. The average Bonchev–Trinajstić information content (AvgIpc) is 3.63. The number of thiophene rings is 1. The summed E-state index contributed by atoms with van der Waals surface area (Å²) >= 11 is 6.83. The highest BCUT2D eigenvalue weighted by Crippen LogP contribution is 2.42. The van der Waals surface area contributed by atoms with E-state index in [-0.39, 0.29) is 0 Å². The first-order chi connectivity index (χ1) is 20.7. The highest BCUT2D eigenvalue weighted by atomic mass is 79.9. The Labute approximate surface area is 259 Å². The molecule has 0 saturated carbocycles. The fraction of sp³-hybridized carbons (Fsp3) is 0.156. The van der Waals surface area contributed by atoms with Crippen LogP contribution in [0.15, 0.2) is 87.6 Å². The van der Waals surface area contributed by atoms with E-state index in [1.807, 2.05) is 65.2 Å². The Kier molecular flexibility index (Phi) is 7.58. The second-order valence-electron chi connectivity index (χ2n) is 9.82. The van der Waals surface area contributed by atoms with E-state index in [0.717, 1.165) is 55.3 Å². The van der Waals surface area contributed by atoms with Crippen molar-refractivity contribution in [2.45, 2.75) is 35.9 Å². The predicted molar refractivity (Wildman–Crippen MR) is 172 cm³/mol. The van der Waals surface area contributed by atoms with Crippen LogP contribution in [0.5, 0.6) is 5.75 Å². The Morgan fingerprint density at radius 1 is 0.929 bits per heavy atom. The number of ether oxygens (including phenoxy) is 1. The fourth-order valence-electron chi connectivity index (χ4n) is 5.08. The Morgan fingerprint density at radius 3 is 2.55 bits per heavy atom. The standard InChI is InChI=1S/C32H25BrN6OS2/c1-40-23-16-14-22(15-17-23)39-29(25-7-4-5-19-34-25)37-38-32(39)42-31-28-24-6-2-3-8-26(24)41-30(28)35-27(36-31)18-11-20-9-12-21(33)13-10-20/h4-5,7,9-19H,2-3,6,8H2,1H3/b18-11+. The maximum atomic E-state index is 5.41. The minimum absolute atomic E-state index is 0.663. The van der Waals surface area contributed by atoms with E-state index in [1.54, 1.807) is 24.6 Å². The molecule has 42 heavy (non-hydrogen) atoms. The molecule has 7 rings (SSSR count). The number of halogens is 1. The van der Waals surface area contributed by atoms with Crippen molar-refractivity contribution in [2.24, 2.45) is 0 Å². The molecule has 7 nitrogen and oxygen atoms in total. The van der Waals surface area contributed by atoms with Crippen molar-refractivity contribution in [2.75, 3.05) is 7.11 Å². The lowest BCUT2D eigenvalue weighted by atomic mass is 9.97. The molecule has 4 heterocycles. The number of methoxy groups -OCH3 is 1. The van der Waals surface area contributed by atoms with Crippen molar-refractivity contribution < 1.29 is 4.74 Å². The van der Waals surface area contributed by atoms with Crippen LogP contribution in [0.3, 0.4) is 0 Å². The second-order valence-corrected chi connectivity index (χ2v) is 12.8. The van der Waals surface area contributed by atoms with Gasteiger partial charge >= 0.3 is 0 Å². The molecule has 10 heteroatoms. The molecule has 0 unspecified atom stereocenters. The minimum atomic E-state index is 0.663. The molecule has 0 aliphatic heterocycles. The van der Waals surface area contributed by atoms with Gasteiger partial charge in [-0.15, -0.1) is 21.5 Å². The van der Waals surface area contributed by atoms with Crippen molar-refractivity contribution in [3.05, 3.63) is 99.2 Å². The predicted octanol–water partition coefficient (Wildman–Crippen LogP) is 8.31. The molecule has 0 atom stereocenters. The van der Waals surface area contributed by atoms with Crippen LogP contribution in [0.1, 0.15) is 34.7 Å². The number of rotatable bonds is 7. The first-order valence-electron chi connectivity index (χ1n) is 13.6. The van der Waals surface area contributed by atoms with E-state index >= 15 is 0 Å². The van der Waals surface area contributed by atoms with Gasteiger partial charge in [-0.2, -0.15) is 0 Å². The molecule has 4 aromatic heterocycles. The van der Waals surface area contributed by atoms with Gasteiger partial charge in [0.1, 0.15) is 21.3 Å². The van der Waals surface area contributed by atoms with Gasteiger partial charge in [0.15, 0.2) is 11.6 Å². The quantitative estimate of drug-likeness (QED) is 0.160. The van der Waals surface area contributed by atoms with Gasteiger partial charge in [0, 0.05) is 20.9 Å². The Bertz CT molecular complexity index is 1900. The summed E-state index contributed by atoms with van der Waals surface area (Å²) in [5.41, 5.74) is 4.12. The van der Waals surface area contributed by atoms with E-state index in [0.29, 0.717) is 16.8 Å². The number of benzene rings is 2. The average molecular weight is 654 g/mol. The normalized spacial score (nSPS) is 13.1. The van der Waals surface area contributed by atoms with Gasteiger partial charge in [0.2, 0.25) is 5.16 Å². The van der Waals surface area contributed by atoms with Crippen LogP contribution in [0, 0.1) is 0 Å². The van der Waals surface area contributed by atoms with Crippen LogP contribution in [0.2, 0.25) is 0 Å². The number of aryl methyl sites for hydroxylation is 2. The molecule has 0 bridgehead atoms. The van der Waals surface area contributed by atoms with Gasteiger partial charge in [-0.05, 0) is 103 Å². The largest absolute Gasteiger partial charge is 0.497 e. The molecule has 0 amide bonds. The molecule has 6 aromatic rings. The maximum absolute atomic E-state index is 5.41. The van der Waals surface area contributed by atoms with Crippen molar-refractivity contribution in [1.29, 1.82) is 0 Å². The van der Waals surface area contributed by atoms with Crippen LogP contribution in [0.4, 0.5) is 0 Å². The molecule has 0 spiro atoms. The van der Waals surface area contributed by atoms with Crippen LogP contribution >= 0.6 is 39.0 Å². The zero-order valence-electron chi connectivity index (χ0n) is 22.7. The van der Waals surface area contributed by atoms with E-state index in [9.17, 15) is 0 Å². The van der Waals surface area contributed by atoms with Crippen LogP contribution in [-0.4, -0.2) is 36.8 Å². The van der Waals surface area contributed by atoms with Gasteiger partial charge in [-0.1, -0.05) is 40.2 Å². The summed E-state index contributed by atoms with van der Waals surface area (Å²) in [5.74, 6) is 2.12. The second kappa shape index (κ2) is 11.8. The molecule has 0 radical (unpaired) electrons. The molecule has 0 fully saturated rings. The number of hydrogen-bond acceptors (Lipinski definition) is 8. The summed E-state index contributed by atoms with van der Waals surface area (Å²) in [7, 11) is 1.67. The highest BCUT2D eigenvalue weighted by Gasteiger charge is 2.24. The monoisotopic (exact) mass is 652 g/mol. The molecular weight excluding hydrogens is 628 g/mol. The van der Waals surface area contributed by atoms with Crippen molar-refractivity contribution in [1.82, 2.24) is 29.7 Å². The van der Waals surface area contributed by atoms with Gasteiger partial charge < -0.3 is 4.74 Å². The van der Waals surface area contributed by atoms with Crippen LogP contribution < -0.4 is 4.74 Å². The zero-order chi connectivity index (χ0) is 28.5. The lowest BCUT2D eigenvalue weighted by Crippen LogP contribution is -2.02. The zero-order valence-corrected chi connectivity index (χ0v) is 25.9. The highest BCUT2D eigenvalue weighted by molar-refractivity contribution is 9.10. The van der Waals surface area contributed by atoms with Crippen LogP contribution in [0.25, 0.3) is 39.6 Å². The third kappa shape index (κ3) is 5.37. The topological polar surface area (TPSA) is 78.6 Å². The SMILES string of the molecule is COc1ccc(-n2c(Sc3nc(/C=C/c4ccc(Br)cc4)nc4sc5c(c34)CCCC5)nnc2-c2ccccn2)cc1. The van der Waals surface area contributed by atoms with Gasteiger partial charge in [0.05, 0.1) is 12.8 Å². The third-order valence-electron chi connectivity index (χ3n) is 7.14. The number of hydrogen-bond donors (Lipinski definition) is 0. The summed E-state index contributed by atoms with van der Waals surface area (Å²) < 4.78 is 8.50. The minimum Gasteiger partial charge on any atom is -0.497 e. The Morgan fingerprint density at radius 2 is 1.76 bits per heavy atom. The molecule has 0 saturated heterocycles. The molecule has 1 aliphatic carbocycles. The summed E-state index contributed by atoms with van der Waals surface area (Å²) in [6, 6.07) is 21.9. The summed E-state index contributed by atoms with van der Waals surface area (Å²) in [5, 5.41) is 12.0. The van der Waals surface area contributed by atoms with Gasteiger partial charge in [-0.3, -0.25) is 9.55 Å². The Balaban J connectivity index is 1.36. The van der Waals surface area contributed by atoms with E-state index in [4.69, 9.17) is 14.7 Å². The fourth-order valence-corrected chi connectivity index (χ4v) is 7.68. The van der Waals surface area contributed by atoms with Crippen molar-refractivity contribution >= 4 is 61.4 Å². The first kappa shape index (κ1) is 27.0. The molecule has 0 N–H and O–H groups in total. The van der Waals surface area contributed by atoms with Crippen molar-refractivity contribution in [3.8, 4) is 23.0 Å². The van der Waals surface area contributed by atoms with Crippen molar-refractivity contribution in [3.63, 3.8) is 0 Å². The van der Waals surface area contributed by atoms with Gasteiger partial charge in [-0.25, -0.2) is 9.97 Å². The summed E-state index contributed by atoms with van der Waals surface area (Å²) in [6.07, 6.45) is 10.3. The van der Waals surface area contributed by atoms with E-state index in [1.165, 1.54) is 35.0 Å². The maximum Gasteiger partial charge on any atom is 0.202 e. The number of aromatic nitrogens is 6. The molecular formula is C32H25BrN6OS2. The number of fused-ring (bicyclic) bond motifs is 3. The summed E-state index contributed by atoms with van der Waals surface area (Å²) in [4.78, 5) is 17.1. The third-order valence-corrected chi connectivity index (χ3v) is 9.79. The van der Waals surface area contributed by atoms with Crippen LogP contribution in [-0.2, 0) is 12.8 Å². The summed E-state index contributed by atoms with van der Waals surface area (Å²) in [6.45, 7) is 0. The van der Waals surface area contributed by atoms with E-state index in [2.05, 4.69) is 49.3 Å². The first-order valence-corrected chi connectivity index (χ1v) is 16.0. The number of nitrogens with zero attached hydrogens (tertiary/aromatic N) is 6. The van der Waals surface area contributed by atoms with Gasteiger partial charge in [0.25, 0.3) is 0 Å². The van der Waals surface area contributed by atoms with E-state index < -0.39 is 0 Å². The molecule has 208 valence electrons. The Hall–Kier alpha value is -3.86. The smallest absolute Gasteiger partial charge is 0.202 e. The molecule has 2 aromatic carbocycles. The lowest BCUT2D eigenvalue weighted by Gasteiger charge is -2.13. The lowest BCUT2D eigenvalue weighted by molar-refractivity contribution is 0.414. The molecule has 1 aliphatic rings.